The van der Waals surface area contributed by atoms with Crippen LogP contribution in [0.4, 0.5) is 0 Å². The number of methoxy groups -OCH3 is 2. The van der Waals surface area contributed by atoms with Crippen molar-refractivity contribution < 1.29 is 9.47 Å². The maximum absolute atomic E-state index is 5.54. The van der Waals surface area contributed by atoms with Crippen molar-refractivity contribution in [2.24, 2.45) is 5.92 Å². The molecular weight excluding hydrogens is 591 g/mol. The van der Waals surface area contributed by atoms with Gasteiger partial charge >= 0.3 is 0 Å². The SMILES string of the molecule is COc1ccc(C(c2ccc(OC)cc2)C(c2nc(-c3ccccc3)[nH]c2C)(C(C)C)N2CCNCC2)cc1.Cl.Cl.Cl. The molecule has 1 aliphatic rings. The second kappa shape index (κ2) is 15.6. The zero-order valence-electron chi connectivity index (χ0n) is 24.9. The average Bonchev–Trinajstić information content (AvgIpc) is 3.38. The zero-order valence-corrected chi connectivity index (χ0v) is 27.4. The molecule has 9 heteroatoms. The summed E-state index contributed by atoms with van der Waals surface area (Å²) >= 11 is 0. The van der Waals surface area contributed by atoms with Crippen LogP contribution in [-0.2, 0) is 5.54 Å². The van der Waals surface area contributed by atoms with E-state index >= 15 is 0 Å². The molecule has 4 aromatic rings. The Morgan fingerprint density at radius 3 is 1.71 bits per heavy atom. The number of piperazine rings is 1. The fraction of sp³-hybridized carbons (Fsp3) is 0.364. The predicted octanol–water partition coefficient (Wildman–Crippen LogP) is 7.26. The van der Waals surface area contributed by atoms with E-state index in [1.165, 1.54) is 11.1 Å². The number of H-pyrrole nitrogens is 1. The predicted molar refractivity (Wildman–Crippen MR) is 179 cm³/mol. The highest BCUT2D eigenvalue weighted by Crippen LogP contribution is 2.52. The molecule has 5 rings (SSSR count). The number of rotatable bonds is 9. The number of hydrogen-bond donors (Lipinski definition) is 2. The Bertz CT molecular complexity index is 1310. The molecule has 0 bridgehead atoms. The largest absolute Gasteiger partial charge is 0.497 e. The summed E-state index contributed by atoms with van der Waals surface area (Å²) in [4.78, 5) is 11.8. The number of benzene rings is 3. The minimum Gasteiger partial charge on any atom is -0.497 e. The Hall–Kier alpha value is -2.74. The second-order valence-corrected chi connectivity index (χ2v) is 10.6. The van der Waals surface area contributed by atoms with Crippen LogP contribution in [0.5, 0.6) is 11.5 Å². The number of nitrogens with one attached hydrogen (secondary N) is 2. The van der Waals surface area contributed by atoms with Crippen LogP contribution in [0.1, 0.15) is 42.3 Å². The first-order valence-corrected chi connectivity index (χ1v) is 13.8. The standard InChI is InChI=1S/C33H40N4O2.3ClH/c1-23(2)33(37-21-19-34-20-22-37,31-24(3)35-32(36-31)27-9-7-6-8-10-27)30(25-11-15-28(38-4)16-12-25)26-13-17-29(39-5)18-14-26;;;/h6-18,23,30,34H,19-22H2,1-5H3,(H,35,36);3*1H. The van der Waals surface area contributed by atoms with E-state index in [4.69, 9.17) is 14.5 Å². The summed E-state index contributed by atoms with van der Waals surface area (Å²) in [6.45, 7) is 10.6. The van der Waals surface area contributed by atoms with E-state index in [1.54, 1.807) is 14.2 Å². The zero-order chi connectivity index (χ0) is 27.4. The third kappa shape index (κ3) is 6.74. The molecule has 2 N–H and O–H groups in total. The molecule has 1 saturated heterocycles. The van der Waals surface area contributed by atoms with Crippen LogP contribution in [0.15, 0.2) is 78.9 Å². The molecule has 1 atom stereocenters. The number of hydrogen-bond acceptors (Lipinski definition) is 5. The quantitative estimate of drug-likeness (QED) is 0.203. The van der Waals surface area contributed by atoms with Crippen LogP contribution >= 0.6 is 37.2 Å². The third-order valence-corrected chi connectivity index (χ3v) is 8.17. The summed E-state index contributed by atoms with van der Waals surface area (Å²) in [5, 5.41) is 3.57. The lowest BCUT2D eigenvalue weighted by molar-refractivity contribution is 0.0108. The maximum Gasteiger partial charge on any atom is 0.137 e. The van der Waals surface area contributed by atoms with Crippen molar-refractivity contribution >= 4 is 37.2 Å². The molecular formula is C33H43Cl3N4O2. The smallest absolute Gasteiger partial charge is 0.137 e. The molecule has 0 amide bonds. The number of aryl methyl sites for hydroxylation is 1. The van der Waals surface area contributed by atoms with Crippen molar-refractivity contribution in [1.82, 2.24) is 20.2 Å². The Balaban J connectivity index is 0.00000205. The summed E-state index contributed by atoms with van der Waals surface area (Å²) in [6.07, 6.45) is 0. The highest BCUT2D eigenvalue weighted by molar-refractivity contribution is 5.86. The fourth-order valence-electron chi connectivity index (χ4n) is 6.35. The van der Waals surface area contributed by atoms with E-state index in [0.29, 0.717) is 0 Å². The first-order valence-electron chi connectivity index (χ1n) is 13.8. The Morgan fingerprint density at radius 1 is 0.762 bits per heavy atom. The molecule has 1 fully saturated rings. The van der Waals surface area contributed by atoms with Crippen LogP contribution in [0.25, 0.3) is 11.4 Å². The van der Waals surface area contributed by atoms with E-state index < -0.39 is 5.54 Å². The van der Waals surface area contributed by atoms with E-state index in [9.17, 15) is 0 Å². The lowest BCUT2D eigenvalue weighted by atomic mass is 9.65. The third-order valence-electron chi connectivity index (χ3n) is 8.17. The van der Waals surface area contributed by atoms with Crippen molar-refractivity contribution in [3.63, 3.8) is 0 Å². The van der Waals surface area contributed by atoms with Gasteiger partial charge in [0.05, 0.1) is 25.5 Å². The van der Waals surface area contributed by atoms with Gasteiger partial charge in [0.25, 0.3) is 0 Å². The molecule has 2 heterocycles. The second-order valence-electron chi connectivity index (χ2n) is 10.6. The number of nitrogens with zero attached hydrogens (tertiary/aromatic N) is 2. The van der Waals surface area contributed by atoms with Gasteiger partial charge in [0, 0.05) is 43.4 Å². The molecule has 228 valence electrons. The first-order chi connectivity index (χ1) is 19.0. The molecule has 1 unspecified atom stereocenters. The van der Waals surface area contributed by atoms with E-state index in [1.807, 2.05) is 6.07 Å². The number of imidazole rings is 1. The van der Waals surface area contributed by atoms with Crippen molar-refractivity contribution in [3.8, 4) is 22.9 Å². The molecule has 0 radical (unpaired) electrons. The lowest BCUT2D eigenvalue weighted by Gasteiger charge is -2.53. The minimum atomic E-state index is -0.418. The average molecular weight is 634 g/mol. The van der Waals surface area contributed by atoms with E-state index in [2.05, 4.69) is 109 Å². The number of aromatic nitrogens is 2. The Labute approximate surface area is 268 Å². The van der Waals surface area contributed by atoms with Gasteiger partial charge in [0.15, 0.2) is 0 Å². The monoisotopic (exact) mass is 632 g/mol. The van der Waals surface area contributed by atoms with Crippen LogP contribution < -0.4 is 14.8 Å². The van der Waals surface area contributed by atoms with Gasteiger partial charge in [-0.2, -0.15) is 0 Å². The molecule has 1 aliphatic heterocycles. The van der Waals surface area contributed by atoms with E-state index in [0.717, 1.165) is 60.5 Å². The van der Waals surface area contributed by atoms with Crippen molar-refractivity contribution in [1.29, 1.82) is 0 Å². The van der Waals surface area contributed by atoms with Gasteiger partial charge in [-0.25, -0.2) is 4.98 Å². The molecule has 42 heavy (non-hydrogen) atoms. The fourth-order valence-corrected chi connectivity index (χ4v) is 6.35. The molecule has 6 nitrogen and oxygen atoms in total. The molecule has 0 saturated carbocycles. The van der Waals surface area contributed by atoms with Crippen LogP contribution in [-0.4, -0.2) is 55.3 Å². The van der Waals surface area contributed by atoms with Gasteiger partial charge in [-0.05, 0) is 48.2 Å². The minimum absolute atomic E-state index is 0. The highest BCUT2D eigenvalue weighted by atomic mass is 35.5. The van der Waals surface area contributed by atoms with Gasteiger partial charge in [0.2, 0.25) is 0 Å². The first kappa shape index (κ1) is 35.5. The Morgan fingerprint density at radius 2 is 1.26 bits per heavy atom. The van der Waals surface area contributed by atoms with Crippen LogP contribution in [0.2, 0.25) is 0 Å². The van der Waals surface area contributed by atoms with Gasteiger partial charge < -0.3 is 19.8 Å². The Kier molecular flexibility index (Phi) is 13.2. The topological polar surface area (TPSA) is 62.4 Å². The molecule has 0 aliphatic carbocycles. The summed E-state index contributed by atoms with van der Waals surface area (Å²) in [5.41, 5.74) is 5.35. The summed E-state index contributed by atoms with van der Waals surface area (Å²) in [6, 6.07) is 27.6. The van der Waals surface area contributed by atoms with E-state index in [-0.39, 0.29) is 49.1 Å². The number of ether oxygens (including phenoxy) is 2. The van der Waals surface area contributed by atoms with Gasteiger partial charge in [-0.1, -0.05) is 68.4 Å². The lowest BCUT2D eigenvalue weighted by Crippen LogP contribution is -2.60. The number of halogens is 3. The maximum atomic E-state index is 5.54. The molecule has 0 spiro atoms. The molecule has 1 aromatic heterocycles. The summed E-state index contributed by atoms with van der Waals surface area (Å²) in [5.74, 6) is 2.87. The normalized spacial score (nSPS) is 14.7. The summed E-state index contributed by atoms with van der Waals surface area (Å²) < 4.78 is 11.1. The molecule has 3 aromatic carbocycles. The van der Waals surface area contributed by atoms with Gasteiger partial charge in [-0.15, -0.1) is 37.2 Å². The van der Waals surface area contributed by atoms with Crippen LogP contribution in [0, 0.1) is 12.8 Å². The summed E-state index contributed by atoms with van der Waals surface area (Å²) in [7, 11) is 3.43. The van der Waals surface area contributed by atoms with Crippen molar-refractivity contribution in [3.05, 3.63) is 101 Å². The van der Waals surface area contributed by atoms with Crippen molar-refractivity contribution in [2.45, 2.75) is 32.2 Å². The van der Waals surface area contributed by atoms with Gasteiger partial charge in [-0.3, -0.25) is 4.90 Å². The van der Waals surface area contributed by atoms with Crippen molar-refractivity contribution in [2.75, 3.05) is 40.4 Å². The van der Waals surface area contributed by atoms with Crippen LogP contribution in [0.3, 0.4) is 0 Å². The van der Waals surface area contributed by atoms with Gasteiger partial charge in [0.1, 0.15) is 17.3 Å². The highest BCUT2D eigenvalue weighted by Gasteiger charge is 2.52. The number of aromatic amines is 1.